The summed E-state index contributed by atoms with van der Waals surface area (Å²) in [6.07, 6.45) is 2.27. The van der Waals surface area contributed by atoms with E-state index in [2.05, 4.69) is 4.74 Å². The van der Waals surface area contributed by atoms with E-state index in [4.69, 9.17) is 20.8 Å². The van der Waals surface area contributed by atoms with E-state index >= 15 is 0 Å². The Balaban J connectivity index is 1.88. The number of hydrogen-bond donors (Lipinski definition) is 1. The van der Waals surface area contributed by atoms with Gasteiger partial charge in [0.1, 0.15) is 6.54 Å². The first kappa shape index (κ1) is 16.4. The molecule has 1 saturated carbocycles. The number of rotatable bonds is 3. The van der Waals surface area contributed by atoms with Crippen LogP contribution in [0.3, 0.4) is 0 Å². The van der Waals surface area contributed by atoms with Crippen molar-refractivity contribution in [1.29, 1.82) is 0 Å². The summed E-state index contributed by atoms with van der Waals surface area (Å²) in [6, 6.07) is 2.35. The maximum atomic E-state index is 12.4. The number of methoxy groups -OCH3 is 1. The van der Waals surface area contributed by atoms with Gasteiger partial charge in [-0.3, -0.25) is 9.69 Å². The molecule has 2 heterocycles. The molecule has 0 bridgehead atoms. The molecule has 4 rings (SSSR count). The van der Waals surface area contributed by atoms with E-state index in [9.17, 15) is 9.59 Å². The van der Waals surface area contributed by atoms with Gasteiger partial charge in [-0.15, -0.1) is 0 Å². The molecule has 25 heavy (non-hydrogen) atoms. The maximum absolute atomic E-state index is 12.4. The summed E-state index contributed by atoms with van der Waals surface area (Å²) in [5, 5.41) is 1.24. The van der Waals surface area contributed by atoms with Gasteiger partial charge in [-0.05, 0) is 18.6 Å². The summed E-state index contributed by atoms with van der Waals surface area (Å²) < 4.78 is 16.1. The highest BCUT2D eigenvalue weighted by Crippen LogP contribution is 2.38. The van der Waals surface area contributed by atoms with Gasteiger partial charge in [-0.1, -0.05) is 11.6 Å². The first-order valence-electron chi connectivity index (χ1n) is 8.31. The number of hydrogen-bond acceptors (Lipinski definition) is 5. The Kier molecular flexibility index (Phi) is 3.96. The average Bonchev–Trinajstić information content (AvgIpc) is 3.44. The highest BCUT2D eigenvalue weighted by Gasteiger charge is 2.38. The number of fused-ring (bicyclic) bond motifs is 3. The lowest BCUT2D eigenvalue weighted by Crippen LogP contribution is -3.13. The molecule has 0 amide bonds. The van der Waals surface area contributed by atoms with Gasteiger partial charge < -0.3 is 13.9 Å². The van der Waals surface area contributed by atoms with Crippen LogP contribution in [-0.4, -0.2) is 25.9 Å². The van der Waals surface area contributed by atoms with Crippen LogP contribution < -0.4 is 15.3 Å². The van der Waals surface area contributed by atoms with Crippen LogP contribution in [-0.2, 0) is 22.5 Å². The molecule has 1 fully saturated rings. The minimum absolute atomic E-state index is 0.120. The molecule has 1 N–H and O–H groups in total. The summed E-state index contributed by atoms with van der Waals surface area (Å²) in [7, 11) is 1.29. The third-order valence-electron chi connectivity index (χ3n) is 5.09. The van der Waals surface area contributed by atoms with Crippen molar-refractivity contribution in [3.8, 4) is 5.75 Å². The third kappa shape index (κ3) is 2.79. The highest BCUT2D eigenvalue weighted by atomic mass is 35.5. The van der Waals surface area contributed by atoms with Crippen molar-refractivity contribution in [2.45, 2.75) is 38.8 Å². The van der Waals surface area contributed by atoms with Gasteiger partial charge in [0, 0.05) is 18.2 Å². The van der Waals surface area contributed by atoms with E-state index in [1.807, 2.05) is 0 Å². The first-order valence-corrected chi connectivity index (χ1v) is 8.69. The van der Waals surface area contributed by atoms with Crippen LogP contribution in [0.2, 0.25) is 5.02 Å². The Hall–Kier alpha value is -2.05. The average molecular weight is 365 g/mol. The van der Waals surface area contributed by atoms with E-state index in [0.717, 1.165) is 17.5 Å². The molecule has 132 valence electrons. The Morgan fingerprint density at radius 2 is 2.20 bits per heavy atom. The van der Waals surface area contributed by atoms with Gasteiger partial charge in [0.05, 0.1) is 35.7 Å². The summed E-state index contributed by atoms with van der Waals surface area (Å²) in [4.78, 5) is 25.4. The first-order chi connectivity index (χ1) is 12.0. The Bertz CT molecular complexity index is 931. The van der Waals surface area contributed by atoms with Crippen molar-refractivity contribution in [2.75, 3.05) is 13.8 Å². The molecule has 7 heteroatoms. The topological polar surface area (TPSA) is 70.2 Å². The molecule has 1 unspecified atom stereocenters. The number of esters is 1. The second-order valence-electron chi connectivity index (χ2n) is 6.69. The zero-order chi connectivity index (χ0) is 17.7. The number of halogens is 1. The van der Waals surface area contributed by atoms with Gasteiger partial charge in [-0.2, -0.15) is 0 Å². The largest absolute Gasteiger partial charge is 0.469 e. The van der Waals surface area contributed by atoms with Gasteiger partial charge in [0.25, 0.3) is 0 Å². The predicted octanol–water partition coefficient (Wildman–Crippen LogP) is 1.37. The van der Waals surface area contributed by atoms with Crippen molar-refractivity contribution in [3.63, 3.8) is 0 Å². The molecule has 0 spiro atoms. The van der Waals surface area contributed by atoms with Gasteiger partial charge in [0.15, 0.2) is 11.3 Å². The number of benzene rings is 1. The molecule has 0 radical (unpaired) electrons. The number of carbonyl (C=O) groups is 1. The van der Waals surface area contributed by atoms with Crippen molar-refractivity contribution < 1.29 is 23.6 Å². The van der Waals surface area contributed by atoms with E-state index in [0.29, 0.717) is 40.3 Å². The van der Waals surface area contributed by atoms with Crippen LogP contribution in [0, 0.1) is 6.92 Å². The molecule has 1 aliphatic heterocycles. The highest BCUT2D eigenvalue weighted by molar-refractivity contribution is 6.33. The second-order valence-corrected chi connectivity index (χ2v) is 7.09. The van der Waals surface area contributed by atoms with E-state index in [1.165, 1.54) is 24.9 Å². The van der Waals surface area contributed by atoms with Crippen LogP contribution in [0.15, 0.2) is 15.3 Å². The SMILES string of the molecule is COC(=O)Cc1c(C)c2cc(Cl)c3c(c2oc1=O)C[NH+](C1CC1)CO3. The zero-order valence-electron chi connectivity index (χ0n) is 14.1. The smallest absolute Gasteiger partial charge is 0.340 e. The Morgan fingerprint density at radius 3 is 2.88 bits per heavy atom. The Morgan fingerprint density at radius 1 is 1.44 bits per heavy atom. The van der Waals surface area contributed by atoms with Crippen LogP contribution in [0.4, 0.5) is 0 Å². The zero-order valence-corrected chi connectivity index (χ0v) is 14.9. The fraction of sp³-hybridized carbons (Fsp3) is 0.444. The molecule has 2 aliphatic rings. The summed E-state index contributed by atoms with van der Waals surface area (Å²) in [6.45, 7) is 3.10. The standard InChI is InChI=1S/C18H18ClNO5/c1-9-11-5-14(19)17-13(7-20(8-24-17)10-3-4-10)16(11)25-18(22)12(9)6-15(21)23-2/h5,10H,3-4,6-8H2,1-2H3/p+1. The summed E-state index contributed by atoms with van der Waals surface area (Å²) in [5.41, 5.74) is 1.82. The molecule has 1 aliphatic carbocycles. The lowest BCUT2D eigenvalue weighted by molar-refractivity contribution is -0.943. The molecule has 1 atom stereocenters. The Labute approximate surface area is 149 Å². The monoisotopic (exact) mass is 364 g/mol. The molecule has 1 aromatic heterocycles. The predicted molar refractivity (Wildman–Crippen MR) is 91.1 cm³/mol. The van der Waals surface area contributed by atoms with Gasteiger partial charge in [-0.25, -0.2) is 4.79 Å². The molecular formula is C18H19ClNO5+. The molecule has 1 aromatic carbocycles. The van der Waals surface area contributed by atoms with E-state index < -0.39 is 11.6 Å². The van der Waals surface area contributed by atoms with Crippen molar-refractivity contribution in [2.24, 2.45) is 0 Å². The number of quaternary nitrogens is 1. The van der Waals surface area contributed by atoms with Crippen molar-refractivity contribution in [3.05, 3.63) is 38.2 Å². The normalized spacial score (nSPS) is 19.4. The van der Waals surface area contributed by atoms with Crippen LogP contribution in [0.1, 0.15) is 29.5 Å². The lowest BCUT2D eigenvalue weighted by Gasteiger charge is -2.27. The molecule has 0 saturated heterocycles. The summed E-state index contributed by atoms with van der Waals surface area (Å²) >= 11 is 6.42. The molecule has 2 aromatic rings. The number of ether oxygens (including phenoxy) is 2. The minimum Gasteiger partial charge on any atom is -0.469 e. The van der Waals surface area contributed by atoms with E-state index in [1.54, 1.807) is 13.0 Å². The molecule has 6 nitrogen and oxygen atoms in total. The number of nitrogens with one attached hydrogen (secondary N) is 1. The van der Waals surface area contributed by atoms with Gasteiger partial charge >= 0.3 is 11.6 Å². The number of aryl methyl sites for hydroxylation is 1. The van der Waals surface area contributed by atoms with Crippen LogP contribution in [0.25, 0.3) is 11.0 Å². The van der Waals surface area contributed by atoms with Crippen LogP contribution >= 0.6 is 11.6 Å². The molecular weight excluding hydrogens is 346 g/mol. The lowest BCUT2D eigenvalue weighted by atomic mass is 10.00. The van der Waals surface area contributed by atoms with E-state index in [-0.39, 0.29) is 6.42 Å². The number of carbonyl (C=O) groups excluding carboxylic acids is 1. The quantitative estimate of drug-likeness (QED) is 0.658. The summed E-state index contributed by atoms with van der Waals surface area (Å²) in [5.74, 6) is 0.119. The second kappa shape index (κ2) is 6.04. The van der Waals surface area contributed by atoms with Crippen molar-refractivity contribution >= 4 is 28.5 Å². The minimum atomic E-state index is -0.515. The van der Waals surface area contributed by atoms with Crippen LogP contribution in [0.5, 0.6) is 5.75 Å². The van der Waals surface area contributed by atoms with Crippen molar-refractivity contribution in [1.82, 2.24) is 0 Å². The maximum Gasteiger partial charge on any atom is 0.340 e. The third-order valence-corrected chi connectivity index (χ3v) is 5.37. The fourth-order valence-corrected chi connectivity index (χ4v) is 3.75. The van der Waals surface area contributed by atoms with Gasteiger partial charge in [0.2, 0.25) is 6.73 Å². The fourth-order valence-electron chi connectivity index (χ4n) is 3.47.